The van der Waals surface area contributed by atoms with Crippen LogP contribution in [0.4, 0.5) is 0 Å². The van der Waals surface area contributed by atoms with Crippen LogP contribution in [-0.4, -0.2) is 60.7 Å². The Labute approximate surface area is 71.6 Å². The lowest BCUT2D eigenvalue weighted by Crippen LogP contribution is -2.61. The molecule has 66 valence electrons. The normalized spacial score (nSPS) is 28.1. The molecule has 1 rings (SSSR count). The lowest BCUT2D eigenvalue weighted by atomic mass is 9.64. The smallest absolute Gasteiger partial charge is 0.426 e. The number of likely N-dealkylation sites (N-methyl/N-ethyl adjacent to an activating group) is 1. The Balaban J connectivity index is 2.88. The zero-order chi connectivity index (χ0) is 9.19. The van der Waals surface area contributed by atoms with Gasteiger partial charge in [0.25, 0.3) is 0 Å². The quantitative estimate of drug-likeness (QED) is 0.489. The highest BCUT2D eigenvalue weighted by Crippen LogP contribution is 2.13. The number of hydrogen-bond acceptors (Lipinski definition) is 5. The summed E-state index contributed by atoms with van der Waals surface area (Å²) in [5.74, 6) is 0. The molecule has 0 spiro atoms. The molecule has 1 unspecified atom stereocenters. The van der Waals surface area contributed by atoms with E-state index in [-0.39, 0.29) is 0 Å². The van der Waals surface area contributed by atoms with E-state index in [1.807, 2.05) is 0 Å². The molecule has 0 fully saturated rings. The summed E-state index contributed by atoms with van der Waals surface area (Å²) in [7, 11) is 2.05. The summed E-state index contributed by atoms with van der Waals surface area (Å²) in [4.78, 5) is 9.38. The molecule has 1 atom stereocenters. The predicted octanol–water partition coefficient (Wildman–Crippen LogP) is -1.59. The first-order chi connectivity index (χ1) is 5.59. The second-order valence-electron chi connectivity index (χ2n) is 2.99. The maximum atomic E-state index is 9.15. The first kappa shape index (κ1) is 9.37. The van der Waals surface area contributed by atoms with E-state index in [1.54, 1.807) is 19.0 Å². The van der Waals surface area contributed by atoms with E-state index >= 15 is 0 Å². The second-order valence-corrected chi connectivity index (χ2v) is 2.99. The number of rotatable bonds is 2. The fourth-order valence-corrected chi connectivity index (χ4v) is 1.07. The van der Waals surface area contributed by atoms with E-state index in [2.05, 4.69) is 9.98 Å². The lowest BCUT2D eigenvalue weighted by Gasteiger charge is -2.34. The number of nitrogens with zero attached hydrogens (tertiary/aromatic N) is 3. The van der Waals surface area contributed by atoms with Crippen molar-refractivity contribution in [1.82, 2.24) is 4.90 Å². The highest BCUT2D eigenvalue weighted by molar-refractivity contribution is 6.51. The van der Waals surface area contributed by atoms with E-state index in [4.69, 9.17) is 10.0 Å². The molecule has 0 aromatic carbocycles. The molecule has 0 aromatic heterocycles. The minimum absolute atomic E-state index is 0.321. The number of aliphatic imine (C=N–C) groups is 2. The molecule has 0 saturated heterocycles. The Bertz CT molecular complexity index is 207. The van der Waals surface area contributed by atoms with Crippen molar-refractivity contribution in [3.8, 4) is 0 Å². The van der Waals surface area contributed by atoms with Gasteiger partial charge in [-0.25, -0.2) is 4.99 Å². The van der Waals surface area contributed by atoms with E-state index in [1.165, 1.54) is 12.6 Å². The van der Waals surface area contributed by atoms with Crippen molar-refractivity contribution in [2.45, 2.75) is 5.44 Å². The molecule has 12 heavy (non-hydrogen) atoms. The SMILES string of the molecule is CN(C)C1(B(O)O)C=NC=NC1. The Morgan fingerprint density at radius 3 is 2.42 bits per heavy atom. The van der Waals surface area contributed by atoms with Gasteiger partial charge in [0.1, 0.15) is 11.8 Å². The topological polar surface area (TPSA) is 68.4 Å². The fraction of sp³-hybridized carbons (Fsp3) is 0.667. The molecule has 0 bridgehead atoms. The molecule has 2 N–H and O–H groups in total. The largest absolute Gasteiger partial charge is 0.481 e. The summed E-state index contributed by atoms with van der Waals surface area (Å²) in [5, 5.41) is 18.3. The summed E-state index contributed by atoms with van der Waals surface area (Å²) in [6.07, 6.45) is 2.91. The van der Waals surface area contributed by atoms with Gasteiger partial charge in [-0.2, -0.15) is 0 Å². The standard InChI is InChI=1S/C6H12BN3O2/c1-10(2)6(7(11)12)3-8-5-9-4-6/h3,5,11-12H,4H2,1-2H3. The van der Waals surface area contributed by atoms with Crippen molar-refractivity contribution in [3.63, 3.8) is 0 Å². The highest BCUT2D eigenvalue weighted by Gasteiger charge is 2.43. The Hall–Kier alpha value is -0.715. The van der Waals surface area contributed by atoms with Gasteiger partial charge in [-0.3, -0.25) is 9.89 Å². The van der Waals surface area contributed by atoms with Crippen LogP contribution >= 0.6 is 0 Å². The summed E-state index contributed by atoms with van der Waals surface area (Å²) in [6.45, 7) is 0.321. The van der Waals surface area contributed by atoms with E-state index in [9.17, 15) is 0 Å². The first-order valence-electron chi connectivity index (χ1n) is 3.66. The van der Waals surface area contributed by atoms with Gasteiger partial charge in [0, 0.05) is 6.21 Å². The van der Waals surface area contributed by atoms with Gasteiger partial charge in [-0.1, -0.05) is 0 Å². The zero-order valence-electron chi connectivity index (χ0n) is 7.18. The van der Waals surface area contributed by atoms with Crippen molar-refractivity contribution in [1.29, 1.82) is 0 Å². The molecule has 0 aliphatic carbocycles. The highest BCUT2D eigenvalue weighted by atomic mass is 16.4. The summed E-state index contributed by atoms with van der Waals surface area (Å²) < 4.78 is 0. The van der Waals surface area contributed by atoms with Crippen LogP contribution in [0.2, 0.25) is 0 Å². The van der Waals surface area contributed by atoms with Gasteiger partial charge in [-0.05, 0) is 14.1 Å². The van der Waals surface area contributed by atoms with Gasteiger partial charge in [-0.15, -0.1) is 0 Å². The average molecular weight is 169 g/mol. The molecule has 0 radical (unpaired) electrons. The minimum atomic E-state index is -1.46. The van der Waals surface area contributed by atoms with Gasteiger partial charge in [0.05, 0.1) is 6.54 Å². The van der Waals surface area contributed by atoms with Crippen molar-refractivity contribution in [3.05, 3.63) is 0 Å². The van der Waals surface area contributed by atoms with Gasteiger partial charge in [0.2, 0.25) is 0 Å². The monoisotopic (exact) mass is 169 g/mol. The first-order valence-corrected chi connectivity index (χ1v) is 3.66. The van der Waals surface area contributed by atoms with Crippen LogP contribution in [0.3, 0.4) is 0 Å². The molecule has 0 aromatic rings. The minimum Gasteiger partial charge on any atom is -0.426 e. The van der Waals surface area contributed by atoms with E-state index in [0.29, 0.717) is 6.54 Å². The van der Waals surface area contributed by atoms with Crippen LogP contribution < -0.4 is 0 Å². The summed E-state index contributed by atoms with van der Waals surface area (Å²) in [6, 6.07) is 0. The molecular formula is C6H12BN3O2. The Morgan fingerprint density at radius 1 is 1.50 bits per heavy atom. The maximum Gasteiger partial charge on any atom is 0.481 e. The predicted molar refractivity (Wildman–Crippen MR) is 48.5 cm³/mol. The van der Waals surface area contributed by atoms with Crippen molar-refractivity contribution < 1.29 is 10.0 Å². The molecule has 1 heterocycles. The van der Waals surface area contributed by atoms with Crippen LogP contribution in [0, 0.1) is 0 Å². The molecule has 1 aliphatic rings. The second kappa shape index (κ2) is 3.34. The van der Waals surface area contributed by atoms with Crippen LogP contribution in [0.5, 0.6) is 0 Å². The third kappa shape index (κ3) is 1.41. The van der Waals surface area contributed by atoms with Crippen molar-refractivity contribution in [2.24, 2.45) is 9.98 Å². The molecule has 0 amide bonds. The molecule has 0 saturated carbocycles. The van der Waals surface area contributed by atoms with Gasteiger partial charge in [0.15, 0.2) is 0 Å². The fourth-order valence-electron chi connectivity index (χ4n) is 1.07. The average Bonchev–Trinajstić information content (AvgIpc) is 2.05. The van der Waals surface area contributed by atoms with Crippen molar-refractivity contribution in [2.75, 3.05) is 20.6 Å². The molecule has 1 aliphatic heterocycles. The lowest BCUT2D eigenvalue weighted by molar-refractivity contribution is 0.251. The van der Waals surface area contributed by atoms with Gasteiger partial charge >= 0.3 is 7.12 Å². The van der Waals surface area contributed by atoms with Crippen LogP contribution in [0.25, 0.3) is 0 Å². The maximum absolute atomic E-state index is 9.15. The summed E-state index contributed by atoms with van der Waals surface area (Å²) >= 11 is 0. The Kier molecular flexibility index (Phi) is 2.61. The van der Waals surface area contributed by atoms with Gasteiger partial charge < -0.3 is 10.0 Å². The number of hydrogen-bond donors (Lipinski definition) is 2. The molecule has 6 heteroatoms. The zero-order valence-corrected chi connectivity index (χ0v) is 7.18. The van der Waals surface area contributed by atoms with Crippen LogP contribution in [-0.2, 0) is 0 Å². The van der Waals surface area contributed by atoms with E-state index < -0.39 is 12.6 Å². The molecular weight excluding hydrogens is 157 g/mol. The van der Waals surface area contributed by atoms with E-state index in [0.717, 1.165) is 0 Å². The molecule has 5 nitrogen and oxygen atoms in total. The van der Waals surface area contributed by atoms with Crippen molar-refractivity contribution >= 4 is 19.7 Å². The third-order valence-corrected chi connectivity index (χ3v) is 2.07. The summed E-state index contributed by atoms with van der Waals surface area (Å²) in [5.41, 5.74) is -0.866. The Morgan fingerprint density at radius 2 is 2.17 bits per heavy atom. The van der Waals surface area contributed by atoms with Crippen LogP contribution in [0.15, 0.2) is 9.98 Å². The van der Waals surface area contributed by atoms with Crippen LogP contribution in [0.1, 0.15) is 0 Å². The third-order valence-electron chi connectivity index (χ3n) is 2.07.